The molecule has 180 valence electrons. The maximum atomic E-state index is 13.2. The topological polar surface area (TPSA) is 119 Å². The van der Waals surface area contributed by atoms with Crippen LogP contribution in [0.25, 0.3) is 0 Å². The van der Waals surface area contributed by atoms with Gasteiger partial charge in [-0.1, -0.05) is 18.2 Å². The van der Waals surface area contributed by atoms with E-state index in [1.54, 1.807) is 42.2 Å². The Kier molecular flexibility index (Phi) is 8.18. The zero-order valence-corrected chi connectivity index (χ0v) is 19.1. The third-order valence-electron chi connectivity index (χ3n) is 5.49. The Balaban J connectivity index is 1.75. The van der Waals surface area contributed by atoms with Crippen LogP contribution in [0.2, 0.25) is 0 Å². The molecule has 1 aliphatic rings. The van der Waals surface area contributed by atoms with Gasteiger partial charge in [-0.3, -0.25) is 24.5 Å². The highest BCUT2D eigenvalue weighted by Gasteiger charge is 2.31. The van der Waals surface area contributed by atoms with Gasteiger partial charge >= 0.3 is 5.97 Å². The number of carbonyl (C=O) groups is 3. The van der Waals surface area contributed by atoms with Crippen LogP contribution < -0.4 is 4.74 Å². The highest BCUT2D eigenvalue weighted by atomic mass is 16.6. The highest BCUT2D eigenvalue weighted by molar-refractivity contribution is 5.99. The largest absolute Gasteiger partial charge is 0.466 e. The number of carbonyl (C=O) groups excluding carboxylic acids is 3. The summed E-state index contributed by atoms with van der Waals surface area (Å²) in [5.41, 5.74) is -0.298. The predicted octanol–water partition coefficient (Wildman–Crippen LogP) is 3.26. The molecular formula is C24H27N3O7. The van der Waals surface area contributed by atoms with Crippen LogP contribution in [0.5, 0.6) is 11.5 Å². The molecule has 2 aromatic carbocycles. The number of rotatable bonds is 8. The molecule has 1 unspecified atom stereocenters. The number of likely N-dealkylation sites (tertiary alicyclic amines) is 1. The first-order valence-electron chi connectivity index (χ1n) is 11.0. The molecule has 2 amide bonds. The first-order chi connectivity index (χ1) is 16.3. The summed E-state index contributed by atoms with van der Waals surface area (Å²) >= 11 is 0. The number of nitro groups is 1. The molecule has 1 atom stereocenters. The van der Waals surface area contributed by atoms with Gasteiger partial charge < -0.3 is 19.3 Å². The highest BCUT2D eigenvalue weighted by Crippen LogP contribution is 2.29. The molecule has 1 fully saturated rings. The molecule has 0 bridgehead atoms. The van der Waals surface area contributed by atoms with Crippen LogP contribution in [0.3, 0.4) is 0 Å². The van der Waals surface area contributed by atoms with E-state index < -0.39 is 10.8 Å². The molecule has 1 aliphatic heterocycles. The van der Waals surface area contributed by atoms with Gasteiger partial charge in [-0.05, 0) is 38.0 Å². The fraction of sp³-hybridized carbons (Fsp3) is 0.375. The first kappa shape index (κ1) is 24.7. The number of ether oxygens (including phenoxy) is 2. The summed E-state index contributed by atoms with van der Waals surface area (Å²) in [5.74, 6) is -1.03. The number of para-hydroxylation sites is 1. The Hall–Kier alpha value is -3.95. The second kappa shape index (κ2) is 11.3. The van der Waals surface area contributed by atoms with Crippen molar-refractivity contribution in [2.24, 2.45) is 5.92 Å². The molecular weight excluding hydrogens is 442 g/mol. The number of likely N-dealkylation sites (N-methyl/N-ethyl adjacent to an activating group) is 1. The normalized spacial score (nSPS) is 15.4. The van der Waals surface area contributed by atoms with E-state index in [0.717, 1.165) is 6.07 Å². The zero-order chi connectivity index (χ0) is 24.7. The van der Waals surface area contributed by atoms with E-state index in [1.807, 2.05) is 0 Å². The Morgan fingerprint density at radius 3 is 2.59 bits per heavy atom. The summed E-state index contributed by atoms with van der Waals surface area (Å²) in [7, 11) is 1.44. The van der Waals surface area contributed by atoms with E-state index in [4.69, 9.17) is 9.47 Å². The molecule has 34 heavy (non-hydrogen) atoms. The molecule has 0 N–H and O–H groups in total. The third-order valence-corrected chi connectivity index (χ3v) is 5.49. The fourth-order valence-corrected chi connectivity index (χ4v) is 3.74. The minimum atomic E-state index is -0.600. The van der Waals surface area contributed by atoms with Crippen molar-refractivity contribution in [1.82, 2.24) is 9.80 Å². The molecule has 2 aromatic rings. The van der Waals surface area contributed by atoms with Crippen LogP contribution in [0.4, 0.5) is 5.69 Å². The van der Waals surface area contributed by atoms with Gasteiger partial charge in [-0.15, -0.1) is 0 Å². The van der Waals surface area contributed by atoms with Crippen LogP contribution >= 0.6 is 0 Å². The number of amides is 2. The van der Waals surface area contributed by atoms with Crippen molar-refractivity contribution in [2.75, 3.05) is 33.3 Å². The van der Waals surface area contributed by atoms with Gasteiger partial charge in [0.25, 0.3) is 11.6 Å². The lowest BCUT2D eigenvalue weighted by Gasteiger charge is -2.32. The van der Waals surface area contributed by atoms with Crippen LogP contribution in [-0.4, -0.2) is 65.8 Å². The number of non-ortho nitro benzene ring substituents is 1. The second-order valence-corrected chi connectivity index (χ2v) is 7.94. The maximum Gasteiger partial charge on any atom is 0.310 e. The van der Waals surface area contributed by atoms with E-state index >= 15 is 0 Å². The summed E-state index contributed by atoms with van der Waals surface area (Å²) in [6, 6.07) is 12.5. The fourth-order valence-electron chi connectivity index (χ4n) is 3.74. The van der Waals surface area contributed by atoms with Gasteiger partial charge in [0.1, 0.15) is 11.5 Å². The van der Waals surface area contributed by atoms with Crippen LogP contribution in [-0.2, 0) is 14.3 Å². The molecule has 10 nitrogen and oxygen atoms in total. The first-order valence-corrected chi connectivity index (χ1v) is 11.0. The van der Waals surface area contributed by atoms with Crippen molar-refractivity contribution in [1.29, 1.82) is 0 Å². The van der Waals surface area contributed by atoms with Crippen molar-refractivity contribution < 1.29 is 28.8 Å². The second-order valence-electron chi connectivity index (χ2n) is 7.94. The Bertz CT molecular complexity index is 1060. The van der Waals surface area contributed by atoms with Crippen molar-refractivity contribution in [3.63, 3.8) is 0 Å². The van der Waals surface area contributed by atoms with E-state index in [2.05, 4.69) is 0 Å². The number of esters is 1. The molecule has 0 aromatic heterocycles. The van der Waals surface area contributed by atoms with Gasteiger partial charge in [-0.25, -0.2) is 0 Å². The number of benzene rings is 2. The standard InChI is InChI=1S/C24H27N3O7/c1-3-33-24(30)17-8-7-13-26(15-17)22(28)16-25(2)23(29)20-14-18(27(31)32)11-12-21(20)34-19-9-5-4-6-10-19/h4-6,9-12,14,17H,3,7-8,13,15-16H2,1-2H3. The smallest absolute Gasteiger partial charge is 0.310 e. The quantitative estimate of drug-likeness (QED) is 0.331. The minimum absolute atomic E-state index is 0.0311. The Morgan fingerprint density at radius 2 is 1.91 bits per heavy atom. The average molecular weight is 469 g/mol. The van der Waals surface area contributed by atoms with E-state index in [0.29, 0.717) is 25.1 Å². The number of hydrogen-bond acceptors (Lipinski definition) is 7. The van der Waals surface area contributed by atoms with Crippen LogP contribution in [0.1, 0.15) is 30.1 Å². The SMILES string of the molecule is CCOC(=O)C1CCCN(C(=O)CN(C)C(=O)c2cc([N+](=O)[O-])ccc2Oc2ccccc2)C1. The summed E-state index contributed by atoms with van der Waals surface area (Å²) in [6.07, 6.45) is 1.30. The molecule has 0 saturated carbocycles. The summed E-state index contributed by atoms with van der Waals surface area (Å²) in [5, 5.41) is 11.3. The van der Waals surface area contributed by atoms with E-state index in [9.17, 15) is 24.5 Å². The number of nitro benzene ring substituents is 1. The lowest BCUT2D eigenvalue weighted by molar-refractivity contribution is -0.384. The monoisotopic (exact) mass is 469 g/mol. The van der Waals surface area contributed by atoms with Crippen molar-refractivity contribution >= 4 is 23.5 Å². The van der Waals surface area contributed by atoms with Gasteiger partial charge in [-0.2, -0.15) is 0 Å². The van der Waals surface area contributed by atoms with Gasteiger partial charge in [0.15, 0.2) is 0 Å². The van der Waals surface area contributed by atoms with Crippen LogP contribution in [0, 0.1) is 16.0 Å². The molecule has 0 radical (unpaired) electrons. The average Bonchev–Trinajstić information content (AvgIpc) is 2.84. The number of piperidine rings is 1. The molecule has 3 rings (SSSR count). The minimum Gasteiger partial charge on any atom is -0.466 e. The molecule has 1 saturated heterocycles. The molecule has 0 aliphatic carbocycles. The summed E-state index contributed by atoms with van der Waals surface area (Å²) in [6.45, 7) is 2.47. The number of hydrogen-bond donors (Lipinski definition) is 0. The Morgan fingerprint density at radius 1 is 1.18 bits per heavy atom. The van der Waals surface area contributed by atoms with Crippen molar-refractivity contribution in [3.8, 4) is 11.5 Å². The van der Waals surface area contributed by atoms with Crippen molar-refractivity contribution in [3.05, 3.63) is 64.2 Å². The lowest BCUT2D eigenvalue weighted by Crippen LogP contribution is -2.47. The van der Waals surface area contributed by atoms with Gasteiger partial charge in [0.05, 0.1) is 29.6 Å². The molecule has 10 heteroatoms. The van der Waals surface area contributed by atoms with Gasteiger partial charge in [0.2, 0.25) is 5.91 Å². The zero-order valence-electron chi connectivity index (χ0n) is 19.1. The number of nitrogens with zero attached hydrogens (tertiary/aromatic N) is 3. The predicted molar refractivity (Wildman–Crippen MR) is 123 cm³/mol. The van der Waals surface area contributed by atoms with Crippen LogP contribution in [0.15, 0.2) is 48.5 Å². The molecule has 0 spiro atoms. The van der Waals surface area contributed by atoms with E-state index in [-0.39, 0.29) is 54.5 Å². The lowest BCUT2D eigenvalue weighted by atomic mass is 9.98. The Labute approximate surface area is 197 Å². The molecule has 1 heterocycles. The van der Waals surface area contributed by atoms with Gasteiger partial charge in [0, 0.05) is 32.3 Å². The summed E-state index contributed by atoms with van der Waals surface area (Å²) < 4.78 is 10.9. The summed E-state index contributed by atoms with van der Waals surface area (Å²) in [4.78, 5) is 51.5. The maximum absolute atomic E-state index is 13.2. The third kappa shape index (κ3) is 6.09. The van der Waals surface area contributed by atoms with Crippen molar-refractivity contribution in [2.45, 2.75) is 19.8 Å². The van der Waals surface area contributed by atoms with E-state index in [1.165, 1.54) is 24.1 Å².